The molecule has 13 heteroatoms. The smallest absolute Gasteiger partial charge is 0.308 e. The number of aryl methyl sites for hydroxylation is 1. The highest BCUT2D eigenvalue weighted by Gasteiger charge is 2.25. The van der Waals surface area contributed by atoms with Crippen LogP contribution in [-0.2, 0) is 10.5 Å². The molecule has 1 atom stereocenters. The number of pyridine rings is 1. The third kappa shape index (κ3) is 5.57. The molecule has 11 nitrogen and oxygen atoms in total. The van der Waals surface area contributed by atoms with E-state index in [1.807, 2.05) is 80.6 Å². The Hall–Kier alpha value is -5.07. The first-order chi connectivity index (χ1) is 20.6. The summed E-state index contributed by atoms with van der Waals surface area (Å²) in [4.78, 5) is 22.8. The first-order valence-corrected chi connectivity index (χ1v) is 14.4. The number of nitrogens with two attached hydrogens (primary N) is 1. The zero-order valence-corrected chi connectivity index (χ0v) is 24.9. The third-order valence-electron chi connectivity index (χ3n) is 7.02. The van der Waals surface area contributed by atoms with E-state index in [9.17, 15) is 4.79 Å². The fourth-order valence-electron chi connectivity index (χ4n) is 5.11. The molecule has 0 radical (unpaired) electrons. The number of ether oxygens (including phenoxy) is 1. The van der Waals surface area contributed by atoms with Crippen molar-refractivity contribution in [2.75, 3.05) is 12.8 Å². The van der Waals surface area contributed by atoms with E-state index in [1.54, 1.807) is 22.4 Å². The van der Waals surface area contributed by atoms with E-state index in [0.717, 1.165) is 33.6 Å². The van der Waals surface area contributed by atoms with Gasteiger partial charge in [-0.05, 0) is 67.3 Å². The highest BCUT2D eigenvalue weighted by molar-refractivity contribution is 7.60. The molecule has 0 spiro atoms. The number of nitrogens with zero attached hydrogens (tertiary/aromatic N) is 5. The van der Waals surface area contributed by atoms with Crippen molar-refractivity contribution < 1.29 is 13.2 Å². The predicted octanol–water partition coefficient (Wildman–Crippen LogP) is 5.59. The molecule has 0 bridgehead atoms. The van der Waals surface area contributed by atoms with Crippen molar-refractivity contribution in [1.82, 2.24) is 24.3 Å². The fraction of sp³-hybridized carbons (Fsp3) is 0.133. The number of aromatic nitrogens is 5. The second-order valence-corrected chi connectivity index (χ2v) is 10.5. The molecule has 0 fully saturated rings. The molecule has 3 N–H and O–H groups in total. The Labute approximate surface area is 252 Å². The Morgan fingerprint density at radius 1 is 1.00 bits per heavy atom. The molecule has 0 amide bonds. The lowest BCUT2D eigenvalue weighted by Gasteiger charge is -2.21. The average Bonchev–Trinajstić information content (AvgIpc) is 3.38. The van der Waals surface area contributed by atoms with Gasteiger partial charge in [0.15, 0.2) is 5.65 Å². The molecule has 0 aliphatic rings. The molecule has 0 saturated carbocycles. The van der Waals surface area contributed by atoms with Gasteiger partial charge in [0.1, 0.15) is 23.6 Å². The number of halogens is 1. The zero-order chi connectivity index (χ0) is 30.8. The summed E-state index contributed by atoms with van der Waals surface area (Å²) in [6.07, 6.45) is 1.43. The summed E-state index contributed by atoms with van der Waals surface area (Å²) in [6.45, 7) is 3.96. The molecule has 43 heavy (non-hydrogen) atoms. The molecule has 6 rings (SSSR count). The highest BCUT2D eigenvalue weighted by Crippen LogP contribution is 2.35. The Morgan fingerprint density at radius 3 is 2.40 bits per heavy atom. The van der Waals surface area contributed by atoms with Gasteiger partial charge in [-0.25, -0.2) is 14.6 Å². The van der Waals surface area contributed by atoms with E-state index >= 15 is 0 Å². The third-order valence-corrected chi connectivity index (χ3v) is 7.34. The summed E-state index contributed by atoms with van der Waals surface area (Å²) in [5.41, 5.74) is 10.7. The second-order valence-electron chi connectivity index (χ2n) is 9.60. The van der Waals surface area contributed by atoms with E-state index in [1.165, 1.54) is 6.33 Å². The molecule has 3 aromatic heterocycles. The molecular weight excluding hydrogens is 590 g/mol. The van der Waals surface area contributed by atoms with Crippen molar-refractivity contribution in [3.63, 3.8) is 0 Å². The van der Waals surface area contributed by atoms with Crippen LogP contribution < -0.4 is 16.0 Å². The lowest BCUT2D eigenvalue weighted by molar-refractivity contribution is 0.412. The Morgan fingerprint density at radius 2 is 1.72 bits per heavy atom. The van der Waals surface area contributed by atoms with Gasteiger partial charge >= 0.3 is 10.5 Å². The van der Waals surface area contributed by atoms with Crippen molar-refractivity contribution in [2.45, 2.75) is 19.9 Å². The zero-order valence-electron chi connectivity index (χ0n) is 23.3. The van der Waals surface area contributed by atoms with Gasteiger partial charge in [-0.15, -0.1) is 0 Å². The number of para-hydroxylation sites is 1. The van der Waals surface area contributed by atoms with E-state index in [-0.39, 0.29) is 5.56 Å². The summed E-state index contributed by atoms with van der Waals surface area (Å²) in [7, 11) is -0.970. The quantitative estimate of drug-likeness (QED) is 0.254. The minimum atomic E-state index is -2.61. The molecule has 218 valence electrons. The van der Waals surface area contributed by atoms with Gasteiger partial charge in [0.05, 0.1) is 34.6 Å². The fourth-order valence-corrected chi connectivity index (χ4v) is 5.37. The van der Waals surface area contributed by atoms with Gasteiger partial charge < -0.3 is 10.5 Å². The Kier molecular flexibility index (Phi) is 8.24. The van der Waals surface area contributed by atoms with Crippen molar-refractivity contribution in [2.24, 2.45) is 0 Å². The lowest BCUT2D eigenvalue weighted by Crippen LogP contribution is -2.26. The highest BCUT2D eigenvalue weighted by atomic mass is 35.5. The van der Waals surface area contributed by atoms with Gasteiger partial charge in [0, 0.05) is 11.3 Å². The average molecular weight is 616 g/mol. The Balaban J connectivity index is 0.000000868. The maximum absolute atomic E-state index is 13.9. The first kappa shape index (κ1) is 29.4. The topological polar surface area (TPSA) is 159 Å². The van der Waals surface area contributed by atoms with Crippen LogP contribution in [0.3, 0.4) is 0 Å². The van der Waals surface area contributed by atoms with Crippen molar-refractivity contribution in [3.8, 4) is 22.7 Å². The van der Waals surface area contributed by atoms with Crippen LogP contribution in [0.1, 0.15) is 24.2 Å². The van der Waals surface area contributed by atoms with Crippen LogP contribution in [0.4, 0.5) is 5.82 Å². The van der Waals surface area contributed by atoms with Crippen LogP contribution in [0, 0.1) is 11.7 Å². The Bertz CT molecular complexity index is 2160. The van der Waals surface area contributed by atoms with E-state index in [0.29, 0.717) is 33.0 Å². The van der Waals surface area contributed by atoms with Crippen LogP contribution in [0.15, 0.2) is 83.9 Å². The number of methoxy groups -OCH3 is 1. The summed E-state index contributed by atoms with van der Waals surface area (Å²) >= 11 is 6.50. The van der Waals surface area contributed by atoms with Crippen LogP contribution in [-0.4, -0.2) is 39.8 Å². The monoisotopic (exact) mass is 615 g/mol. The lowest BCUT2D eigenvalue weighted by atomic mass is 10.1. The minimum Gasteiger partial charge on any atom is -0.496 e. The summed E-state index contributed by atoms with van der Waals surface area (Å²) in [5, 5.41) is 7.27. The molecular formula is C30H26ClN7O4S. The van der Waals surface area contributed by atoms with Crippen LogP contribution in [0.25, 0.3) is 38.8 Å². The van der Waals surface area contributed by atoms with Crippen molar-refractivity contribution in [3.05, 3.63) is 106 Å². The normalized spacial score (nSPS) is 11.6. The number of hydrogen-bond donors (Lipinski definition) is 2. The number of fused-ring (bicyclic) bond motifs is 2. The SMILES string of the molecule is COc1ccc(-c2nn(C(C)c3cc4cccc(Cl)c4c(=O)n3-c3ccccc3)c3ncnc(N)c23)cc1C.N=S(=O)=O. The van der Waals surface area contributed by atoms with Crippen LogP contribution in [0.2, 0.25) is 5.02 Å². The molecule has 1 unspecified atom stereocenters. The molecule has 0 aliphatic carbocycles. The van der Waals surface area contributed by atoms with Gasteiger partial charge in [0.25, 0.3) is 5.56 Å². The van der Waals surface area contributed by atoms with Crippen molar-refractivity contribution in [1.29, 1.82) is 4.78 Å². The number of rotatable bonds is 5. The van der Waals surface area contributed by atoms with E-state index in [4.69, 9.17) is 40.4 Å². The second kappa shape index (κ2) is 12.0. The number of benzene rings is 3. The van der Waals surface area contributed by atoms with E-state index < -0.39 is 16.5 Å². The molecule has 3 heterocycles. The number of nitrogens with one attached hydrogen (secondary N) is 1. The molecule has 3 aromatic carbocycles. The number of nitrogen functional groups attached to an aromatic ring is 1. The minimum absolute atomic E-state index is 0.206. The molecule has 0 aliphatic heterocycles. The van der Waals surface area contributed by atoms with Gasteiger partial charge in [-0.1, -0.05) is 41.9 Å². The number of hydrogen-bond acceptors (Lipinski definition) is 9. The van der Waals surface area contributed by atoms with Crippen LogP contribution in [0.5, 0.6) is 5.75 Å². The van der Waals surface area contributed by atoms with Crippen LogP contribution >= 0.6 is 11.6 Å². The maximum atomic E-state index is 13.9. The predicted molar refractivity (Wildman–Crippen MR) is 166 cm³/mol. The van der Waals surface area contributed by atoms with Crippen molar-refractivity contribution >= 4 is 49.7 Å². The summed E-state index contributed by atoms with van der Waals surface area (Å²) < 4.78 is 31.8. The van der Waals surface area contributed by atoms with E-state index in [2.05, 4.69) is 9.97 Å². The molecule has 6 aromatic rings. The molecule has 0 saturated heterocycles. The van der Waals surface area contributed by atoms with Gasteiger partial charge in [-0.3, -0.25) is 9.36 Å². The summed E-state index contributed by atoms with van der Waals surface area (Å²) in [5.74, 6) is 1.11. The number of anilines is 1. The maximum Gasteiger partial charge on any atom is 0.308 e. The summed E-state index contributed by atoms with van der Waals surface area (Å²) in [6, 6.07) is 22.4. The van der Waals surface area contributed by atoms with Gasteiger partial charge in [0.2, 0.25) is 0 Å². The largest absolute Gasteiger partial charge is 0.496 e. The van der Waals surface area contributed by atoms with Gasteiger partial charge in [-0.2, -0.15) is 18.3 Å². The standard InChI is InChI=1S/C30H25ClN6O2.HNO2S/c1-17-14-20(12-13-24(17)39-3)27-26-28(32)33-16-34-29(26)37(35-27)18(2)23-15-19-8-7-11-22(31)25(19)30(38)36(23)21-9-5-4-6-10-21;1-4(2)3/h4-16,18H,1-3H3,(H2,32,33,34);1H. The first-order valence-electron chi connectivity index (χ1n) is 13.0.